The van der Waals surface area contributed by atoms with Gasteiger partial charge in [0, 0.05) is 19.3 Å². The first-order valence-corrected chi connectivity index (χ1v) is 10.4. The predicted molar refractivity (Wildman–Crippen MR) is 104 cm³/mol. The van der Waals surface area contributed by atoms with Gasteiger partial charge in [-0.3, -0.25) is 4.79 Å². The number of ether oxygens (including phenoxy) is 2. The molecule has 0 spiro atoms. The van der Waals surface area contributed by atoms with E-state index in [0.29, 0.717) is 12.1 Å². The summed E-state index contributed by atoms with van der Waals surface area (Å²) in [5, 5.41) is 2.04. The van der Waals surface area contributed by atoms with Gasteiger partial charge in [-0.1, -0.05) is 11.6 Å². The zero-order valence-corrected chi connectivity index (χ0v) is 17.5. The number of methoxy groups -OCH3 is 1. The summed E-state index contributed by atoms with van der Waals surface area (Å²) in [5.74, 6) is -2.34. The Morgan fingerprint density at radius 3 is 2.48 bits per heavy atom. The van der Waals surface area contributed by atoms with Crippen LogP contribution in [-0.2, 0) is 25.7 Å². The third-order valence-electron chi connectivity index (χ3n) is 3.73. The summed E-state index contributed by atoms with van der Waals surface area (Å²) in [6.45, 7) is -0.424. The van der Waals surface area contributed by atoms with Crippen molar-refractivity contribution in [3.05, 3.63) is 52.8 Å². The standard InChI is InChI=1S/C18H17ClF4N2O5S/c1-29-7-6-24-31(27,28)12-3-5-16(14(19)9-12)30-10-17(26)25-11-2-4-15(20)13(8-11)18(21,22)23/h2-5,8-9,24H,6-7,10H2,1H3,(H,25,26). The molecule has 0 saturated heterocycles. The molecule has 7 nitrogen and oxygen atoms in total. The van der Waals surface area contributed by atoms with Crippen LogP contribution in [0.1, 0.15) is 5.56 Å². The molecule has 0 atom stereocenters. The molecule has 0 unspecified atom stereocenters. The van der Waals surface area contributed by atoms with E-state index in [0.717, 1.165) is 12.1 Å². The van der Waals surface area contributed by atoms with Gasteiger partial charge < -0.3 is 14.8 Å². The fraction of sp³-hybridized carbons (Fsp3) is 0.278. The van der Waals surface area contributed by atoms with E-state index in [1.807, 2.05) is 0 Å². The Morgan fingerprint density at radius 2 is 1.87 bits per heavy atom. The van der Waals surface area contributed by atoms with Gasteiger partial charge in [0.2, 0.25) is 10.0 Å². The second-order valence-electron chi connectivity index (χ2n) is 6.01. The lowest BCUT2D eigenvalue weighted by molar-refractivity contribution is -0.140. The van der Waals surface area contributed by atoms with E-state index in [4.69, 9.17) is 21.1 Å². The van der Waals surface area contributed by atoms with Crippen LogP contribution in [0.3, 0.4) is 0 Å². The number of nitrogens with one attached hydrogen (secondary N) is 2. The third-order valence-corrected chi connectivity index (χ3v) is 5.48. The highest BCUT2D eigenvalue weighted by Crippen LogP contribution is 2.33. The number of halogens is 5. The lowest BCUT2D eigenvalue weighted by atomic mass is 10.2. The quantitative estimate of drug-likeness (QED) is 0.420. The topological polar surface area (TPSA) is 93.7 Å². The molecular weight excluding hydrogens is 468 g/mol. The molecule has 0 heterocycles. The highest BCUT2D eigenvalue weighted by Gasteiger charge is 2.34. The maximum absolute atomic E-state index is 13.3. The molecule has 1 amide bonds. The van der Waals surface area contributed by atoms with Crippen LogP contribution in [0, 0.1) is 5.82 Å². The van der Waals surface area contributed by atoms with Crippen LogP contribution < -0.4 is 14.8 Å². The van der Waals surface area contributed by atoms with Crippen molar-refractivity contribution >= 4 is 33.2 Å². The molecular formula is C18H17ClF4N2O5S. The second kappa shape index (κ2) is 10.3. The number of anilines is 1. The van der Waals surface area contributed by atoms with Crippen LogP contribution in [-0.4, -0.2) is 41.2 Å². The van der Waals surface area contributed by atoms with Gasteiger partial charge in [-0.25, -0.2) is 17.5 Å². The Kier molecular flexibility index (Phi) is 8.23. The fourth-order valence-electron chi connectivity index (χ4n) is 2.29. The van der Waals surface area contributed by atoms with E-state index in [1.165, 1.54) is 19.2 Å². The Balaban J connectivity index is 2.01. The van der Waals surface area contributed by atoms with Gasteiger partial charge in [0.15, 0.2) is 6.61 Å². The summed E-state index contributed by atoms with van der Waals surface area (Å²) in [6, 6.07) is 5.53. The number of alkyl halides is 3. The second-order valence-corrected chi connectivity index (χ2v) is 8.19. The maximum atomic E-state index is 13.3. The molecule has 31 heavy (non-hydrogen) atoms. The zero-order chi connectivity index (χ0) is 23.2. The first-order chi connectivity index (χ1) is 14.4. The average Bonchev–Trinajstić information content (AvgIpc) is 2.67. The molecule has 0 radical (unpaired) electrons. The fourth-order valence-corrected chi connectivity index (χ4v) is 3.63. The van der Waals surface area contributed by atoms with Crippen molar-refractivity contribution in [2.45, 2.75) is 11.1 Å². The van der Waals surface area contributed by atoms with Crippen LogP contribution >= 0.6 is 11.6 Å². The van der Waals surface area contributed by atoms with E-state index < -0.39 is 40.1 Å². The van der Waals surface area contributed by atoms with Crippen LogP contribution in [0.25, 0.3) is 0 Å². The van der Waals surface area contributed by atoms with Gasteiger partial charge in [-0.2, -0.15) is 13.2 Å². The van der Waals surface area contributed by atoms with Crippen molar-refractivity contribution in [2.24, 2.45) is 0 Å². The summed E-state index contributed by atoms with van der Waals surface area (Å²) in [7, 11) is -2.42. The van der Waals surface area contributed by atoms with E-state index in [-0.39, 0.29) is 34.5 Å². The van der Waals surface area contributed by atoms with Gasteiger partial charge in [-0.15, -0.1) is 0 Å². The Morgan fingerprint density at radius 1 is 1.16 bits per heavy atom. The summed E-state index contributed by atoms with van der Waals surface area (Å²) < 4.78 is 88.0. The minimum absolute atomic E-state index is 0.0252. The lowest BCUT2D eigenvalue weighted by Gasteiger charge is -2.12. The van der Waals surface area contributed by atoms with Crippen molar-refractivity contribution < 1.29 is 40.2 Å². The van der Waals surface area contributed by atoms with Gasteiger partial charge >= 0.3 is 6.18 Å². The molecule has 0 aliphatic heterocycles. The predicted octanol–water partition coefficient (Wildman–Crippen LogP) is 3.44. The molecule has 2 aromatic carbocycles. The number of benzene rings is 2. The molecule has 0 aromatic heterocycles. The Hall–Kier alpha value is -2.41. The average molecular weight is 485 g/mol. The number of rotatable bonds is 9. The summed E-state index contributed by atoms with van der Waals surface area (Å²) in [4.78, 5) is 11.8. The summed E-state index contributed by atoms with van der Waals surface area (Å²) in [6.07, 6.45) is -4.92. The normalized spacial score (nSPS) is 11.9. The van der Waals surface area contributed by atoms with Crippen molar-refractivity contribution in [1.82, 2.24) is 4.72 Å². The third kappa shape index (κ3) is 7.06. The summed E-state index contributed by atoms with van der Waals surface area (Å²) >= 11 is 5.99. The summed E-state index contributed by atoms with van der Waals surface area (Å²) in [5.41, 5.74) is -1.80. The van der Waals surface area contributed by atoms with Crippen molar-refractivity contribution in [3.8, 4) is 5.75 Å². The van der Waals surface area contributed by atoms with Gasteiger partial charge in [0.05, 0.1) is 22.1 Å². The molecule has 2 aromatic rings. The van der Waals surface area contributed by atoms with E-state index in [2.05, 4.69) is 10.0 Å². The molecule has 170 valence electrons. The van der Waals surface area contributed by atoms with Crippen LogP contribution in [0.2, 0.25) is 5.02 Å². The lowest BCUT2D eigenvalue weighted by Crippen LogP contribution is -2.27. The number of amides is 1. The Bertz CT molecular complexity index is 1050. The Labute approximate surface area is 180 Å². The van der Waals surface area contributed by atoms with Gasteiger partial charge in [-0.05, 0) is 36.4 Å². The SMILES string of the molecule is COCCNS(=O)(=O)c1ccc(OCC(=O)Nc2ccc(F)c(C(F)(F)F)c2)c(Cl)c1. The van der Waals surface area contributed by atoms with Crippen LogP contribution in [0.4, 0.5) is 23.2 Å². The molecule has 2 N–H and O–H groups in total. The molecule has 2 rings (SSSR count). The molecule has 0 fully saturated rings. The first-order valence-electron chi connectivity index (χ1n) is 8.51. The van der Waals surface area contributed by atoms with Gasteiger partial charge in [0.25, 0.3) is 5.91 Å². The van der Waals surface area contributed by atoms with E-state index >= 15 is 0 Å². The highest BCUT2D eigenvalue weighted by atomic mass is 35.5. The van der Waals surface area contributed by atoms with Gasteiger partial charge in [0.1, 0.15) is 11.6 Å². The van der Waals surface area contributed by atoms with Crippen LogP contribution in [0.15, 0.2) is 41.3 Å². The number of carbonyl (C=O) groups is 1. The highest BCUT2D eigenvalue weighted by molar-refractivity contribution is 7.89. The number of hydrogen-bond donors (Lipinski definition) is 2. The van der Waals surface area contributed by atoms with E-state index in [9.17, 15) is 30.8 Å². The monoisotopic (exact) mass is 484 g/mol. The minimum Gasteiger partial charge on any atom is -0.482 e. The minimum atomic E-state index is -4.92. The largest absolute Gasteiger partial charge is 0.482 e. The number of hydrogen-bond acceptors (Lipinski definition) is 5. The maximum Gasteiger partial charge on any atom is 0.419 e. The van der Waals surface area contributed by atoms with E-state index in [1.54, 1.807) is 0 Å². The zero-order valence-electron chi connectivity index (χ0n) is 15.9. The molecule has 13 heteroatoms. The molecule has 0 aliphatic rings. The number of sulfonamides is 1. The number of carbonyl (C=O) groups excluding carboxylic acids is 1. The van der Waals surface area contributed by atoms with Crippen molar-refractivity contribution in [1.29, 1.82) is 0 Å². The van der Waals surface area contributed by atoms with Crippen LogP contribution in [0.5, 0.6) is 5.75 Å². The van der Waals surface area contributed by atoms with Crippen molar-refractivity contribution in [3.63, 3.8) is 0 Å². The molecule has 0 bridgehead atoms. The first kappa shape index (κ1) is 24.9. The van der Waals surface area contributed by atoms with Crippen molar-refractivity contribution in [2.75, 3.05) is 32.2 Å². The molecule has 0 saturated carbocycles. The molecule has 0 aliphatic carbocycles. The smallest absolute Gasteiger partial charge is 0.419 e.